The van der Waals surface area contributed by atoms with Gasteiger partial charge in [0.05, 0.1) is 0 Å². The fourth-order valence-electron chi connectivity index (χ4n) is 0.673. The number of rotatable bonds is 6. The monoisotopic (exact) mass is 161 g/mol. The first-order valence-electron chi connectivity index (χ1n) is 3.74. The molecule has 0 aromatic heterocycles. The highest BCUT2D eigenvalue weighted by atomic mass is 16.5. The van der Waals surface area contributed by atoms with E-state index in [2.05, 4.69) is 0 Å². The molecule has 66 valence electrons. The molecule has 0 radical (unpaired) electrons. The molecule has 0 fully saturated rings. The van der Waals surface area contributed by atoms with Gasteiger partial charge in [0.25, 0.3) is 0 Å². The van der Waals surface area contributed by atoms with Gasteiger partial charge in [-0.2, -0.15) is 0 Å². The number of nitrogens with two attached hydrogens (primary N) is 1. The lowest BCUT2D eigenvalue weighted by atomic mass is 10.2. The van der Waals surface area contributed by atoms with Crippen LogP contribution in [-0.2, 0) is 9.53 Å². The zero-order valence-corrected chi connectivity index (χ0v) is 6.75. The SMILES string of the molecule is CCOCCC[C@H](N)C(=O)O. The van der Waals surface area contributed by atoms with Crippen LogP contribution in [0.4, 0.5) is 0 Å². The quantitative estimate of drug-likeness (QED) is 0.546. The van der Waals surface area contributed by atoms with Crippen LogP contribution < -0.4 is 5.73 Å². The zero-order valence-electron chi connectivity index (χ0n) is 6.75. The summed E-state index contributed by atoms with van der Waals surface area (Å²) in [5.41, 5.74) is 5.24. The summed E-state index contributed by atoms with van der Waals surface area (Å²) in [5, 5.41) is 8.37. The van der Waals surface area contributed by atoms with E-state index < -0.39 is 12.0 Å². The second-order valence-electron chi connectivity index (χ2n) is 2.28. The molecule has 0 aromatic rings. The van der Waals surface area contributed by atoms with Gasteiger partial charge in [0, 0.05) is 13.2 Å². The van der Waals surface area contributed by atoms with Crippen LogP contribution in [-0.4, -0.2) is 30.3 Å². The Morgan fingerprint density at radius 1 is 1.73 bits per heavy atom. The molecular formula is C7H15NO3. The highest BCUT2D eigenvalue weighted by Crippen LogP contribution is 1.94. The third-order valence-electron chi connectivity index (χ3n) is 1.33. The van der Waals surface area contributed by atoms with Crippen LogP contribution in [0.15, 0.2) is 0 Å². The van der Waals surface area contributed by atoms with Crippen molar-refractivity contribution in [2.45, 2.75) is 25.8 Å². The molecule has 0 unspecified atom stereocenters. The summed E-state index contributed by atoms with van der Waals surface area (Å²) in [6.07, 6.45) is 1.19. The van der Waals surface area contributed by atoms with Gasteiger partial charge in [-0.15, -0.1) is 0 Å². The van der Waals surface area contributed by atoms with Crippen molar-refractivity contribution in [3.8, 4) is 0 Å². The molecule has 0 saturated carbocycles. The molecule has 11 heavy (non-hydrogen) atoms. The number of hydrogen-bond acceptors (Lipinski definition) is 3. The first-order chi connectivity index (χ1) is 5.18. The Balaban J connectivity index is 3.17. The maximum Gasteiger partial charge on any atom is 0.320 e. The molecule has 0 heterocycles. The third kappa shape index (κ3) is 5.82. The molecule has 0 aliphatic heterocycles. The van der Waals surface area contributed by atoms with Crippen LogP contribution >= 0.6 is 0 Å². The summed E-state index contributed by atoms with van der Waals surface area (Å²) in [6.45, 7) is 3.16. The maximum absolute atomic E-state index is 10.2. The molecule has 4 heteroatoms. The molecule has 0 bridgehead atoms. The molecular weight excluding hydrogens is 146 g/mol. The summed E-state index contributed by atoms with van der Waals surface area (Å²) in [5.74, 6) is -0.943. The lowest BCUT2D eigenvalue weighted by molar-refractivity contribution is -0.138. The van der Waals surface area contributed by atoms with Gasteiger partial charge in [-0.1, -0.05) is 0 Å². The summed E-state index contributed by atoms with van der Waals surface area (Å²) in [6, 6.07) is -0.740. The van der Waals surface area contributed by atoms with E-state index in [1.54, 1.807) is 0 Å². The van der Waals surface area contributed by atoms with Gasteiger partial charge >= 0.3 is 5.97 Å². The molecule has 0 saturated heterocycles. The Bertz CT molecular complexity index is 116. The van der Waals surface area contributed by atoms with Crippen molar-refractivity contribution in [3.05, 3.63) is 0 Å². The first kappa shape index (κ1) is 10.4. The predicted molar refractivity (Wildman–Crippen MR) is 41.3 cm³/mol. The van der Waals surface area contributed by atoms with E-state index in [1.165, 1.54) is 0 Å². The topological polar surface area (TPSA) is 72.5 Å². The van der Waals surface area contributed by atoms with Crippen molar-refractivity contribution in [3.63, 3.8) is 0 Å². The van der Waals surface area contributed by atoms with Gasteiger partial charge in [0.1, 0.15) is 6.04 Å². The Morgan fingerprint density at radius 3 is 2.82 bits per heavy atom. The van der Waals surface area contributed by atoms with Crippen LogP contribution in [0.3, 0.4) is 0 Å². The van der Waals surface area contributed by atoms with Gasteiger partial charge in [-0.3, -0.25) is 4.79 Å². The van der Waals surface area contributed by atoms with Gasteiger partial charge in [-0.05, 0) is 19.8 Å². The van der Waals surface area contributed by atoms with Crippen molar-refractivity contribution in [1.29, 1.82) is 0 Å². The average molecular weight is 161 g/mol. The molecule has 0 rings (SSSR count). The number of carbonyl (C=O) groups is 1. The van der Waals surface area contributed by atoms with Crippen molar-refractivity contribution < 1.29 is 14.6 Å². The minimum absolute atomic E-state index is 0.481. The van der Waals surface area contributed by atoms with Crippen LogP contribution in [0.1, 0.15) is 19.8 Å². The van der Waals surface area contributed by atoms with E-state index in [1.807, 2.05) is 6.92 Å². The fourth-order valence-corrected chi connectivity index (χ4v) is 0.673. The maximum atomic E-state index is 10.2. The molecule has 0 spiro atoms. The summed E-state index contributed by atoms with van der Waals surface area (Å²) < 4.78 is 5.02. The Labute approximate surface area is 66.3 Å². The summed E-state index contributed by atoms with van der Waals surface area (Å²) >= 11 is 0. The first-order valence-corrected chi connectivity index (χ1v) is 3.74. The molecule has 1 atom stereocenters. The number of aliphatic carboxylic acids is 1. The predicted octanol–water partition coefficient (Wildman–Crippen LogP) is 0.215. The lowest BCUT2D eigenvalue weighted by Crippen LogP contribution is -2.30. The van der Waals surface area contributed by atoms with E-state index in [9.17, 15) is 4.79 Å². The summed E-state index contributed by atoms with van der Waals surface area (Å²) in [7, 11) is 0. The second-order valence-corrected chi connectivity index (χ2v) is 2.28. The number of carboxylic acid groups (broad SMARTS) is 1. The van der Waals surface area contributed by atoms with E-state index in [4.69, 9.17) is 15.6 Å². The van der Waals surface area contributed by atoms with Gasteiger partial charge in [0.15, 0.2) is 0 Å². The molecule has 0 amide bonds. The van der Waals surface area contributed by atoms with E-state index in [0.717, 1.165) is 0 Å². The van der Waals surface area contributed by atoms with Gasteiger partial charge in [-0.25, -0.2) is 0 Å². The standard InChI is InChI=1S/C7H15NO3/c1-2-11-5-3-4-6(8)7(9)10/h6H,2-5,8H2,1H3,(H,9,10)/t6-/m0/s1. The smallest absolute Gasteiger partial charge is 0.320 e. The summed E-state index contributed by atoms with van der Waals surface area (Å²) in [4.78, 5) is 10.2. The molecule has 0 aliphatic rings. The number of hydrogen-bond donors (Lipinski definition) is 2. The lowest BCUT2D eigenvalue weighted by Gasteiger charge is -2.04. The van der Waals surface area contributed by atoms with E-state index in [0.29, 0.717) is 26.1 Å². The largest absolute Gasteiger partial charge is 0.480 e. The van der Waals surface area contributed by atoms with E-state index in [-0.39, 0.29) is 0 Å². The minimum Gasteiger partial charge on any atom is -0.480 e. The molecule has 0 aliphatic carbocycles. The highest BCUT2D eigenvalue weighted by molar-refractivity contribution is 5.72. The Hall–Kier alpha value is -0.610. The van der Waals surface area contributed by atoms with Crippen LogP contribution in [0.25, 0.3) is 0 Å². The van der Waals surface area contributed by atoms with Gasteiger partial charge < -0.3 is 15.6 Å². The van der Waals surface area contributed by atoms with E-state index >= 15 is 0 Å². The van der Waals surface area contributed by atoms with Crippen LogP contribution in [0, 0.1) is 0 Å². The molecule has 4 nitrogen and oxygen atoms in total. The number of ether oxygens (including phenoxy) is 1. The fraction of sp³-hybridized carbons (Fsp3) is 0.857. The normalized spacial score (nSPS) is 12.9. The van der Waals surface area contributed by atoms with Gasteiger partial charge in [0.2, 0.25) is 0 Å². The van der Waals surface area contributed by atoms with Crippen molar-refractivity contribution >= 4 is 5.97 Å². The van der Waals surface area contributed by atoms with Crippen molar-refractivity contribution in [2.75, 3.05) is 13.2 Å². The average Bonchev–Trinajstić information content (AvgIpc) is 1.97. The van der Waals surface area contributed by atoms with Crippen molar-refractivity contribution in [2.24, 2.45) is 5.73 Å². The molecule has 3 N–H and O–H groups in total. The number of carboxylic acids is 1. The minimum atomic E-state index is -0.943. The second kappa shape index (κ2) is 6.12. The molecule has 0 aromatic carbocycles. The third-order valence-corrected chi connectivity index (χ3v) is 1.33. The van der Waals surface area contributed by atoms with Crippen LogP contribution in [0.2, 0.25) is 0 Å². The highest BCUT2D eigenvalue weighted by Gasteiger charge is 2.09. The Kier molecular flexibility index (Phi) is 5.78. The zero-order chi connectivity index (χ0) is 8.69. The van der Waals surface area contributed by atoms with Crippen molar-refractivity contribution in [1.82, 2.24) is 0 Å². The Morgan fingerprint density at radius 2 is 2.36 bits per heavy atom. The van der Waals surface area contributed by atoms with Crippen LogP contribution in [0.5, 0.6) is 0 Å².